The van der Waals surface area contributed by atoms with Crippen LogP contribution in [0.25, 0.3) is 0 Å². The molecule has 0 atom stereocenters. The fourth-order valence-corrected chi connectivity index (χ4v) is 2.54. The van der Waals surface area contributed by atoms with Crippen molar-refractivity contribution in [3.05, 3.63) is 28.8 Å². The van der Waals surface area contributed by atoms with Gasteiger partial charge < -0.3 is 11.1 Å². The van der Waals surface area contributed by atoms with Crippen LogP contribution in [0, 0.1) is 0 Å². The van der Waals surface area contributed by atoms with Crippen molar-refractivity contribution >= 4 is 23.2 Å². The van der Waals surface area contributed by atoms with Crippen molar-refractivity contribution in [1.29, 1.82) is 0 Å². The van der Waals surface area contributed by atoms with Crippen LogP contribution < -0.4 is 11.1 Å². The average Bonchev–Trinajstić information content (AvgIpc) is 2.64. The van der Waals surface area contributed by atoms with E-state index in [9.17, 15) is 4.79 Å². The van der Waals surface area contributed by atoms with E-state index in [0.717, 1.165) is 12.8 Å². The number of carbonyl (C=O) groups excluding carboxylic acids is 1. The molecule has 1 aromatic rings. The van der Waals surface area contributed by atoms with Crippen LogP contribution in [0.15, 0.2) is 18.2 Å². The summed E-state index contributed by atoms with van der Waals surface area (Å²) in [5, 5.41) is 3.62. The Bertz CT molecular complexity index is 439. The predicted molar refractivity (Wildman–Crippen MR) is 70.2 cm³/mol. The van der Waals surface area contributed by atoms with Crippen molar-refractivity contribution in [3.8, 4) is 0 Å². The van der Waals surface area contributed by atoms with Crippen molar-refractivity contribution in [3.63, 3.8) is 0 Å². The summed E-state index contributed by atoms with van der Waals surface area (Å²) in [6.45, 7) is 2.09. The topological polar surface area (TPSA) is 55.1 Å². The Kier molecular flexibility index (Phi) is 3.29. The van der Waals surface area contributed by atoms with Crippen LogP contribution in [0.4, 0.5) is 5.69 Å². The molecule has 0 heterocycles. The average molecular weight is 253 g/mol. The zero-order valence-corrected chi connectivity index (χ0v) is 10.7. The summed E-state index contributed by atoms with van der Waals surface area (Å²) in [6, 6.07) is 4.96. The number of carbonyl (C=O) groups is 1. The predicted octanol–water partition coefficient (Wildman–Crippen LogP) is 2.98. The van der Waals surface area contributed by atoms with Crippen LogP contribution in [-0.4, -0.2) is 11.4 Å². The summed E-state index contributed by atoms with van der Waals surface area (Å²) >= 11 is 5.81. The number of anilines is 1. The summed E-state index contributed by atoms with van der Waals surface area (Å²) in [4.78, 5) is 12.1. The fourth-order valence-electron chi connectivity index (χ4n) is 2.36. The van der Waals surface area contributed by atoms with Gasteiger partial charge in [0, 0.05) is 16.2 Å². The van der Waals surface area contributed by atoms with E-state index in [1.165, 1.54) is 12.8 Å². The molecule has 0 unspecified atom stereocenters. The molecule has 1 aliphatic rings. The van der Waals surface area contributed by atoms with Crippen LogP contribution in [0.3, 0.4) is 0 Å². The quantitative estimate of drug-likeness (QED) is 0.795. The van der Waals surface area contributed by atoms with Crippen molar-refractivity contribution in [1.82, 2.24) is 5.32 Å². The van der Waals surface area contributed by atoms with Crippen LogP contribution in [-0.2, 0) is 0 Å². The minimum atomic E-state index is -0.108. The highest BCUT2D eigenvalue weighted by Crippen LogP contribution is 2.29. The van der Waals surface area contributed by atoms with E-state index in [1.54, 1.807) is 18.2 Å². The van der Waals surface area contributed by atoms with Gasteiger partial charge in [-0.15, -0.1) is 0 Å². The van der Waals surface area contributed by atoms with Gasteiger partial charge in [0.2, 0.25) is 0 Å². The van der Waals surface area contributed by atoms with Gasteiger partial charge in [0.25, 0.3) is 5.91 Å². The van der Waals surface area contributed by atoms with Gasteiger partial charge in [-0.2, -0.15) is 0 Å². The lowest BCUT2D eigenvalue weighted by Gasteiger charge is -2.25. The second-order valence-corrected chi connectivity index (χ2v) is 5.39. The molecule has 1 fully saturated rings. The number of hydrogen-bond donors (Lipinski definition) is 2. The molecule has 0 aromatic heterocycles. The van der Waals surface area contributed by atoms with Crippen LogP contribution >= 0.6 is 11.6 Å². The number of nitrogens with one attached hydrogen (secondary N) is 1. The Hall–Kier alpha value is -1.22. The molecule has 0 radical (unpaired) electrons. The molecule has 0 bridgehead atoms. The van der Waals surface area contributed by atoms with Crippen LogP contribution in [0.5, 0.6) is 0 Å². The molecule has 92 valence electrons. The molecular formula is C13H17ClN2O. The molecule has 1 aliphatic carbocycles. The van der Waals surface area contributed by atoms with Gasteiger partial charge in [-0.05, 0) is 38.0 Å². The summed E-state index contributed by atoms with van der Waals surface area (Å²) in [7, 11) is 0. The van der Waals surface area contributed by atoms with Gasteiger partial charge in [0.15, 0.2) is 0 Å². The van der Waals surface area contributed by atoms with E-state index in [1.807, 2.05) is 0 Å². The third-order valence-corrected chi connectivity index (χ3v) is 3.62. The maximum atomic E-state index is 12.1. The number of rotatable bonds is 2. The second-order valence-electron chi connectivity index (χ2n) is 4.95. The summed E-state index contributed by atoms with van der Waals surface area (Å²) in [6.07, 6.45) is 4.41. The second kappa shape index (κ2) is 4.57. The number of nitrogens with two attached hydrogens (primary N) is 1. The Labute approximate surface area is 106 Å². The third-order valence-electron chi connectivity index (χ3n) is 3.38. The zero-order valence-electron chi connectivity index (χ0n) is 9.92. The van der Waals surface area contributed by atoms with Crippen LogP contribution in [0.1, 0.15) is 43.0 Å². The normalized spacial score (nSPS) is 18.0. The number of amides is 1. The third kappa shape index (κ3) is 2.72. The van der Waals surface area contributed by atoms with Crippen molar-refractivity contribution in [2.75, 3.05) is 5.73 Å². The number of benzene rings is 1. The molecule has 3 nitrogen and oxygen atoms in total. The van der Waals surface area contributed by atoms with Crippen molar-refractivity contribution in [2.24, 2.45) is 0 Å². The minimum Gasteiger partial charge on any atom is -0.398 e. The molecule has 4 heteroatoms. The molecule has 0 aliphatic heterocycles. The summed E-state index contributed by atoms with van der Waals surface area (Å²) < 4.78 is 0. The zero-order chi connectivity index (χ0) is 12.5. The molecule has 17 heavy (non-hydrogen) atoms. The van der Waals surface area contributed by atoms with Gasteiger partial charge >= 0.3 is 0 Å². The molecule has 0 spiro atoms. The number of halogens is 1. The van der Waals surface area contributed by atoms with E-state index in [-0.39, 0.29) is 11.4 Å². The molecule has 1 aromatic carbocycles. The molecule has 2 rings (SSSR count). The maximum Gasteiger partial charge on any atom is 0.253 e. The van der Waals surface area contributed by atoms with Gasteiger partial charge in [-0.3, -0.25) is 4.79 Å². The molecule has 0 saturated heterocycles. The Morgan fingerprint density at radius 2 is 2.06 bits per heavy atom. The van der Waals surface area contributed by atoms with Crippen LogP contribution in [0.2, 0.25) is 5.02 Å². The van der Waals surface area contributed by atoms with E-state index < -0.39 is 0 Å². The first-order chi connectivity index (χ1) is 8.00. The maximum absolute atomic E-state index is 12.1. The molecule has 3 N–H and O–H groups in total. The number of hydrogen-bond acceptors (Lipinski definition) is 2. The highest BCUT2D eigenvalue weighted by atomic mass is 35.5. The minimum absolute atomic E-state index is 0.0802. The van der Waals surface area contributed by atoms with Gasteiger partial charge in [0.05, 0.1) is 5.56 Å². The Balaban J connectivity index is 2.14. The summed E-state index contributed by atoms with van der Waals surface area (Å²) in [5.74, 6) is -0.108. The number of nitrogen functional groups attached to an aromatic ring is 1. The van der Waals surface area contributed by atoms with E-state index in [2.05, 4.69) is 12.2 Å². The monoisotopic (exact) mass is 252 g/mol. The standard InChI is InChI=1S/C13H17ClN2O/c1-13(6-2-3-7-13)16-12(17)10-5-4-9(14)8-11(10)15/h4-5,8H,2-3,6-7,15H2,1H3,(H,16,17). The first kappa shape index (κ1) is 12.2. The molecule has 1 amide bonds. The Morgan fingerprint density at radius 1 is 1.41 bits per heavy atom. The largest absolute Gasteiger partial charge is 0.398 e. The molecular weight excluding hydrogens is 236 g/mol. The van der Waals surface area contributed by atoms with E-state index >= 15 is 0 Å². The van der Waals surface area contributed by atoms with E-state index in [0.29, 0.717) is 16.3 Å². The SMILES string of the molecule is CC1(NC(=O)c2ccc(Cl)cc2N)CCCC1. The highest BCUT2D eigenvalue weighted by Gasteiger charge is 2.30. The van der Waals surface area contributed by atoms with Gasteiger partial charge in [-0.1, -0.05) is 24.4 Å². The highest BCUT2D eigenvalue weighted by molar-refractivity contribution is 6.31. The van der Waals surface area contributed by atoms with Gasteiger partial charge in [-0.25, -0.2) is 0 Å². The van der Waals surface area contributed by atoms with Gasteiger partial charge in [0.1, 0.15) is 0 Å². The molecule has 1 saturated carbocycles. The van der Waals surface area contributed by atoms with Crippen molar-refractivity contribution in [2.45, 2.75) is 38.1 Å². The summed E-state index contributed by atoms with van der Waals surface area (Å²) in [5.41, 5.74) is 6.64. The first-order valence-corrected chi connectivity index (χ1v) is 6.25. The fraction of sp³-hybridized carbons (Fsp3) is 0.462. The lowest BCUT2D eigenvalue weighted by Crippen LogP contribution is -2.43. The Morgan fingerprint density at radius 3 is 2.65 bits per heavy atom. The first-order valence-electron chi connectivity index (χ1n) is 5.88. The van der Waals surface area contributed by atoms with Crippen molar-refractivity contribution < 1.29 is 4.79 Å². The lowest BCUT2D eigenvalue weighted by atomic mass is 10.00. The lowest BCUT2D eigenvalue weighted by molar-refractivity contribution is 0.0909. The van der Waals surface area contributed by atoms with E-state index in [4.69, 9.17) is 17.3 Å². The smallest absolute Gasteiger partial charge is 0.253 e.